The number of unbranched alkanes of at least 4 members (excludes halogenated alkanes) is 2. The highest BCUT2D eigenvalue weighted by Crippen LogP contribution is 2.05. The van der Waals surface area contributed by atoms with E-state index in [0.717, 1.165) is 12.8 Å². The molecule has 0 aromatic rings. The Kier molecular flexibility index (Phi) is 6.14. The Morgan fingerprint density at radius 2 is 2.23 bits per heavy atom. The number of hydrogen-bond acceptors (Lipinski definition) is 2. The first-order chi connectivity index (χ1) is 6.04. The molecule has 0 bridgehead atoms. The van der Waals surface area contributed by atoms with Crippen molar-refractivity contribution in [2.45, 2.75) is 38.6 Å². The molecule has 0 aromatic carbocycles. The fourth-order valence-electron chi connectivity index (χ4n) is 0.933. The van der Waals surface area contributed by atoms with Gasteiger partial charge in [0.1, 0.15) is 6.04 Å². The molecule has 3 nitrogen and oxygen atoms in total. The van der Waals surface area contributed by atoms with Crippen molar-refractivity contribution in [3.63, 3.8) is 0 Å². The molecule has 0 saturated carbocycles. The normalized spacial score (nSPS) is 14.2. The molecule has 0 fully saturated rings. The molecule has 0 heterocycles. The maximum atomic E-state index is 12.2. The summed E-state index contributed by atoms with van der Waals surface area (Å²) in [6, 6.07) is -0.782. The zero-order valence-corrected chi connectivity index (χ0v) is 7.79. The van der Waals surface area contributed by atoms with Gasteiger partial charge in [0.05, 0.1) is 5.83 Å². The molecule has 0 amide bonds. The SMILES string of the molecule is C/C(F)=C\CCCC[C@H](N)C(=O)O. The van der Waals surface area contributed by atoms with E-state index in [9.17, 15) is 9.18 Å². The topological polar surface area (TPSA) is 63.3 Å². The quantitative estimate of drug-likeness (QED) is 0.626. The lowest BCUT2D eigenvalue weighted by atomic mass is 10.1. The average Bonchev–Trinajstić information content (AvgIpc) is 2.02. The molecule has 0 aliphatic rings. The van der Waals surface area contributed by atoms with Gasteiger partial charge in [0.2, 0.25) is 0 Å². The fraction of sp³-hybridized carbons (Fsp3) is 0.667. The molecule has 4 heteroatoms. The van der Waals surface area contributed by atoms with Crippen LogP contribution in [0.25, 0.3) is 0 Å². The number of allylic oxidation sites excluding steroid dienone is 2. The number of carbonyl (C=O) groups is 1. The minimum atomic E-state index is -0.975. The number of carboxylic acid groups (broad SMARTS) is 1. The lowest BCUT2D eigenvalue weighted by Gasteiger charge is -2.04. The predicted octanol–water partition coefficient (Wildman–Crippen LogP) is 1.83. The summed E-state index contributed by atoms with van der Waals surface area (Å²) < 4.78 is 12.2. The summed E-state index contributed by atoms with van der Waals surface area (Å²) >= 11 is 0. The van der Waals surface area contributed by atoms with Crippen molar-refractivity contribution in [3.8, 4) is 0 Å². The van der Waals surface area contributed by atoms with E-state index in [-0.39, 0.29) is 5.83 Å². The minimum absolute atomic E-state index is 0.192. The minimum Gasteiger partial charge on any atom is -0.480 e. The average molecular weight is 189 g/mol. The maximum Gasteiger partial charge on any atom is 0.320 e. The highest BCUT2D eigenvalue weighted by atomic mass is 19.1. The van der Waals surface area contributed by atoms with Gasteiger partial charge in [0.25, 0.3) is 0 Å². The summed E-state index contributed by atoms with van der Waals surface area (Å²) in [5.74, 6) is -1.17. The molecule has 0 unspecified atom stereocenters. The van der Waals surface area contributed by atoms with Crippen LogP contribution in [0.2, 0.25) is 0 Å². The highest BCUT2D eigenvalue weighted by molar-refractivity contribution is 5.72. The van der Waals surface area contributed by atoms with Crippen LogP contribution < -0.4 is 5.73 Å². The number of hydrogen-bond donors (Lipinski definition) is 2. The number of aliphatic carboxylic acids is 1. The van der Waals surface area contributed by atoms with Gasteiger partial charge >= 0.3 is 5.97 Å². The second-order valence-electron chi connectivity index (χ2n) is 3.02. The van der Waals surface area contributed by atoms with Crippen molar-refractivity contribution >= 4 is 5.97 Å². The van der Waals surface area contributed by atoms with Crippen molar-refractivity contribution in [2.24, 2.45) is 5.73 Å². The summed E-state index contributed by atoms with van der Waals surface area (Å²) in [6.07, 6.45) is 4.09. The summed E-state index contributed by atoms with van der Waals surface area (Å²) in [6.45, 7) is 1.39. The monoisotopic (exact) mass is 189 g/mol. The van der Waals surface area contributed by atoms with Crippen LogP contribution in [0.15, 0.2) is 11.9 Å². The molecule has 3 N–H and O–H groups in total. The molecule has 0 saturated heterocycles. The first-order valence-corrected chi connectivity index (χ1v) is 4.34. The third-order valence-electron chi connectivity index (χ3n) is 1.71. The zero-order chi connectivity index (χ0) is 10.3. The van der Waals surface area contributed by atoms with Crippen LogP contribution in [0, 0.1) is 0 Å². The van der Waals surface area contributed by atoms with E-state index in [1.54, 1.807) is 0 Å². The molecule has 0 aromatic heterocycles. The lowest BCUT2D eigenvalue weighted by Crippen LogP contribution is -2.29. The third kappa shape index (κ3) is 7.46. The van der Waals surface area contributed by atoms with Crippen molar-refractivity contribution in [2.75, 3.05) is 0 Å². The molecule has 0 rings (SSSR count). The molecule has 0 spiro atoms. The van der Waals surface area contributed by atoms with Crippen molar-refractivity contribution in [1.29, 1.82) is 0 Å². The Morgan fingerprint density at radius 3 is 2.69 bits per heavy atom. The first kappa shape index (κ1) is 12.1. The zero-order valence-electron chi connectivity index (χ0n) is 7.79. The Balaban J connectivity index is 3.36. The van der Waals surface area contributed by atoms with E-state index >= 15 is 0 Å². The summed E-state index contributed by atoms with van der Waals surface area (Å²) in [4.78, 5) is 10.3. The molecular weight excluding hydrogens is 173 g/mol. The predicted molar refractivity (Wildman–Crippen MR) is 48.9 cm³/mol. The second-order valence-corrected chi connectivity index (χ2v) is 3.02. The van der Waals surface area contributed by atoms with Gasteiger partial charge in [-0.2, -0.15) is 0 Å². The Labute approximate surface area is 77.4 Å². The Hall–Kier alpha value is -0.900. The number of nitrogens with two attached hydrogens (primary N) is 1. The van der Waals surface area contributed by atoms with Crippen LogP contribution in [-0.2, 0) is 4.79 Å². The summed E-state index contributed by atoms with van der Waals surface area (Å²) in [7, 11) is 0. The van der Waals surface area contributed by atoms with Gasteiger partial charge in [0, 0.05) is 0 Å². The van der Waals surface area contributed by atoms with Crippen molar-refractivity contribution in [1.82, 2.24) is 0 Å². The van der Waals surface area contributed by atoms with Gasteiger partial charge in [-0.3, -0.25) is 4.79 Å². The van der Waals surface area contributed by atoms with E-state index in [2.05, 4.69) is 0 Å². The van der Waals surface area contributed by atoms with Gasteiger partial charge in [-0.1, -0.05) is 12.5 Å². The molecule has 1 atom stereocenters. The molecule has 0 radical (unpaired) electrons. The van der Waals surface area contributed by atoms with E-state index < -0.39 is 12.0 Å². The van der Waals surface area contributed by atoms with Gasteiger partial charge in [-0.25, -0.2) is 4.39 Å². The third-order valence-corrected chi connectivity index (χ3v) is 1.71. The summed E-state index contributed by atoms with van der Waals surface area (Å²) in [5.41, 5.74) is 5.27. The second kappa shape index (κ2) is 6.60. The van der Waals surface area contributed by atoms with Gasteiger partial charge in [-0.05, 0) is 26.2 Å². The molecule has 76 valence electrons. The first-order valence-electron chi connectivity index (χ1n) is 4.34. The van der Waals surface area contributed by atoms with E-state index in [0.29, 0.717) is 12.8 Å². The Bertz CT molecular complexity index is 188. The molecule has 0 aliphatic heterocycles. The van der Waals surface area contributed by atoms with Crippen LogP contribution in [0.3, 0.4) is 0 Å². The van der Waals surface area contributed by atoms with Crippen LogP contribution in [0.4, 0.5) is 4.39 Å². The van der Waals surface area contributed by atoms with E-state index in [1.165, 1.54) is 13.0 Å². The van der Waals surface area contributed by atoms with E-state index in [1.807, 2.05) is 0 Å². The van der Waals surface area contributed by atoms with Gasteiger partial charge in [-0.15, -0.1) is 0 Å². The Morgan fingerprint density at radius 1 is 1.62 bits per heavy atom. The number of rotatable bonds is 6. The fourth-order valence-corrected chi connectivity index (χ4v) is 0.933. The number of halogens is 1. The highest BCUT2D eigenvalue weighted by Gasteiger charge is 2.09. The number of carboxylic acids is 1. The van der Waals surface area contributed by atoms with Crippen LogP contribution in [0.1, 0.15) is 32.6 Å². The molecule has 13 heavy (non-hydrogen) atoms. The van der Waals surface area contributed by atoms with Crippen LogP contribution in [-0.4, -0.2) is 17.1 Å². The maximum absolute atomic E-state index is 12.2. The standard InChI is InChI=1S/C9H16FNO2/c1-7(10)5-3-2-4-6-8(11)9(12)13/h5,8H,2-4,6,11H2,1H3,(H,12,13)/b7-5+/t8-/m0/s1. The van der Waals surface area contributed by atoms with Crippen LogP contribution in [0.5, 0.6) is 0 Å². The van der Waals surface area contributed by atoms with Gasteiger partial charge in [0.15, 0.2) is 0 Å². The lowest BCUT2D eigenvalue weighted by molar-refractivity contribution is -0.138. The molecular formula is C9H16FNO2. The van der Waals surface area contributed by atoms with Gasteiger partial charge < -0.3 is 10.8 Å². The smallest absolute Gasteiger partial charge is 0.320 e. The van der Waals surface area contributed by atoms with Crippen molar-refractivity contribution < 1.29 is 14.3 Å². The largest absolute Gasteiger partial charge is 0.480 e. The van der Waals surface area contributed by atoms with Crippen LogP contribution >= 0.6 is 0 Å². The van der Waals surface area contributed by atoms with Crippen molar-refractivity contribution in [3.05, 3.63) is 11.9 Å². The molecule has 0 aliphatic carbocycles. The van der Waals surface area contributed by atoms with E-state index in [4.69, 9.17) is 10.8 Å². The summed E-state index contributed by atoms with van der Waals surface area (Å²) in [5, 5.41) is 8.43.